The van der Waals surface area contributed by atoms with Crippen molar-refractivity contribution in [3.8, 4) is 0 Å². The van der Waals surface area contributed by atoms with Gasteiger partial charge >= 0.3 is 0 Å². The smallest absolute Gasteiger partial charge is 0.101 e. The summed E-state index contributed by atoms with van der Waals surface area (Å²) < 4.78 is 2.31. The zero-order valence-corrected chi connectivity index (χ0v) is 12.0. The molecule has 0 aliphatic heterocycles. The molecule has 1 N–H and O–H groups in total. The van der Waals surface area contributed by atoms with Crippen LogP contribution >= 0.6 is 0 Å². The maximum Gasteiger partial charge on any atom is 0.101 e. The maximum atomic E-state index is 11.2. The van der Waals surface area contributed by atoms with E-state index in [0.717, 1.165) is 18.4 Å². The van der Waals surface area contributed by atoms with Crippen LogP contribution in [0.5, 0.6) is 0 Å². The summed E-state index contributed by atoms with van der Waals surface area (Å²) in [5.74, 6) is 0.142. The monoisotopic (exact) mass is 275 g/mol. The summed E-state index contributed by atoms with van der Waals surface area (Å²) in [7, 11) is 2.15. The summed E-state index contributed by atoms with van der Waals surface area (Å²) in [6, 6.07) is 16.9. The molecular weight excluding hydrogens is 258 g/mol. The van der Waals surface area contributed by atoms with Gasteiger partial charge in [-0.1, -0.05) is 42.5 Å². The minimum atomic E-state index is -0.659. The first-order chi connectivity index (χ1) is 10.2. The van der Waals surface area contributed by atoms with Gasteiger partial charge in [0.05, 0.1) is 0 Å². The van der Waals surface area contributed by atoms with Crippen LogP contribution < -0.4 is 0 Å². The van der Waals surface area contributed by atoms with E-state index >= 15 is 0 Å². The third-order valence-corrected chi connectivity index (χ3v) is 5.52. The van der Waals surface area contributed by atoms with Crippen molar-refractivity contribution in [2.75, 3.05) is 0 Å². The van der Waals surface area contributed by atoms with Crippen LogP contribution in [0.4, 0.5) is 0 Å². The Bertz CT molecular complexity index is 892. The van der Waals surface area contributed by atoms with Crippen LogP contribution in [-0.4, -0.2) is 9.67 Å². The number of hydrogen-bond donors (Lipinski definition) is 1. The quantitative estimate of drug-likeness (QED) is 0.668. The summed E-state index contributed by atoms with van der Waals surface area (Å²) in [6.07, 6.45) is 1.77. The molecule has 1 aromatic heterocycles. The number of hydrogen-bond acceptors (Lipinski definition) is 1. The second kappa shape index (κ2) is 3.58. The lowest BCUT2D eigenvalue weighted by molar-refractivity contribution is -0.0216. The van der Waals surface area contributed by atoms with Crippen LogP contribution in [0.2, 0.25) is 0 Å². The van der Waals surface area contributed by atoms with Crippen molar-refractivity contribution in [2.45, 2.75) is 24.4 Å². The van der Waals surface area contributed by atoms with E-state index in [0.29, 0.717) is 0 Å². The average molecular weight is 275 g/mol. The Morgan fingerprint density at radius 3 is 2.76 bits per heavy atom. The van der Waals surface area contributed by atoms with Crippen LogP contribution in [-0.2, 0) is 19.1 Å². The third kappa shape index (κ3) is 1.19. The van der Waals surface area contributed by atoms with Gasteiger partial charge in [0.2, 0.25) is 0 Å². The lowest BCUT2D eigenvalue weighted by Gasteiger charge is -2.50. The highest BCUT2D eigenvalue weighted by Gasteiger charge is 2.54. The fourth-order valence-corrected chi connectivity index (χ4v) is 4.56. The number of aliphatic hydroxyl groups is 1. The molecule has 21 heavy (non-hydrogen) atoms. The second-order valence-electron chi connectivity index (χ2n) is 6.38. The molecule has 2 nitrogen and oxygen atoms in total. The number of aromatic nitrogens is 1. The largest absolute Gasteiger partial charge is 0.384 e. The molecule has 2 aliphatic carbocycles. The molecule has 1 heterocycles. The lowest BCUT2D eigenvalue weighted by atomic mass is 9.57. The third-order valence-electron chi connectivity index (χ3n) is 5.52. The molecule has 0 spiro atoms. The Kier molecular flexibility index (Phi) is 1.97. The molecule has 2 aromatic carbocycles. The van der Waals surface area contributed by atoms with E-state index in [-0.39, 0.29) is 5.92 Å². The molecule has 0 fully saturated rings. The van der Waals surface area contributed by atoms with Crippen LogP contribution in [0.25, 0.3) is 10.9 Å². The van der Waals surface area contributed by atoms with Crippen molar-refractivity contribution in [1.29, 1.82) is 0 Å². The maximum absolute atomic E-state index is 11.2. The molecule has 104 valence electrons. The molecule has 2 aliphatic rings. The van der Waals surface area contributed by atoms with Gasteiger partial charge in [-0.15, -0.1) is 0 Å². The van der Waals surface area contributed by atoms with Crippen molar-refractivity contribution in [2.24, 2.45) is 7.05 Å². The van der Waals surface area contributed by atoms with Crippen LogP contribution in [0.3, 0.4) is 0 Å². The first-order valence-corrected chi connectivity index (χ1v) is 7.60. The Hall–Kier alpha value is -2.06. The Morgan fingerprint density at radius 1 is 1.10 bits per heavy atom. The van der Waals surface area contributed by atoms with Crippen molar-refractivity contribution in [3.63, 3.8) is 0 Å². The molecular formula is C19H17NO. The van der Waals surface area contributed by atoms with E-state index in [2.05, 4.69) is 54.1 Å². The van der Waals surface area contributed by atoms with Gasteiger partial charge < -0.3 is 9.67 Å². The highest BCUT2D eigenvalue weighted by Crippen LogP contribution is 2.60. The summed E-state index contributed by atoms with van der Waals surface area (Å²) >= 11 is 0. The van der Waals surface area contributed by atoms with E-state index in [1.807, 2.05) is 6.07 Å². The van der Waals surface area contributed by atoms with Gasteiger partial charge in [-0.05, 0) is 35.6 Å². The highest BCUT2D eigenvalue weighted by molar-refractivity contribution is 5.88. The van der Waals surface area contributed by atoms with Gasteiger partial charge in [0, 0.05) is 29.6 Å². The zero-order valence-electron chi connectivity index (χ0n) is 12.0. The summed E-state index contributed by atoms with van der Waals surface area (Å²) in [5.41, 5.74) is 5.79. The first kappa shape index (κ1) is 11.6. The Labute approximate surface area is 123 Å². The van der Waals surface area contributed by atoms with Gasteiger partial charge in [-0.25, -0.2) is 0 Å². The lowest BCUT2D eigenvalue weighted by Crippen LogP contribution is -2.47. The zero-order chi connectivity index (χ0) is 14.2. The van der Waals surface area contributed by atoms with Crippen molar-refractivity contribution < 1.29 is 5.11 Å². The van der Waals surface area contributed by atoms with Crippen molar-refractivity contribution in [3.05, 3.63) is 70.9 Å². The van der Waals surface area contributed by atoms with Crippen LogP contribution in [0.1, 0.15) is 34.7 Å². The number of para-hydroxylation sites is 1. The number of benzene rings is 2. The molecule has 5 rings (SSSR count). The molecule has 3 aromatic rings. The molecule has 0 saturated carbocycles. The Morgan fingerprint density at radius 2 is 1.86 bits per heavy atom. The Balaban J connectivity index is 1.88. The molecule has 0 amide bonds. The normalized spacial score (nSPS) is 25.9. The van der Waals surface area contributed by atoms with E-state index < -0.39 is 5.60 Å². The van der Waals surface area contributed by atoms with Gasteiger partial charge in [-0.2, -0.15) is 0 Å². The van der Waals surface area contributed by atoms with Gasteiger partial charge in [0.25, 0.3) is 0 Å². The minimum absolute atomic E-state index is 0.142. The minimum Gasteiger partial charge on any atom is -0.384 e. The van der Waals surface area contributed by atoms with E-state index in [1.54, 1.807) is 0 Å². The highest BCUT2D eigenvalue weighted by atomic mass is 16.3. The molecule has 2 atom stereocenters. The van der Waals surface area contributed by atoms with E-state index in [9.17, 15) is 5.11 Å². The van der Waals surface area contributed by atoms with Crippen molar-refractivity contribution >= 4 is 10.9 Å². The van der Waals surface area contributed by atoms with Crippen LogP contribution in [0.15, 0.2) is 48.5 Å². The topological polar surface area (TPSA) is 25.2 Å². The predicted molar refractivity (Wildman–Crippen MR) is 83.4 cm³/mol. The fraction of sp³-hybridized carbons (Fsp3) is 0.263. The molecule has 2 heteroatoms. The molecule has 0 radical (unpaired) electrons. The molecule has 2 unspecified atom stereocenters. The number of rotatable bonds is 0. The summed E-state index contributed by atoms with van der Waals surface area (Å²) in [6.45, 7) is 0. The second-order valence-corrected chi connectivity index (χ2v) is 6.38. The standard InChI is InChI=1S/C19H17NO/c1-20-15-9-5-3-7-13(15)17-16(20)10-11-19(21)14-8-4-2-6-12(14)18(17)19/h2-9,18,21H,10-11H2,1H3. The number of fused-ring (bicyclic) bond motifs is 8. The van der Waals surface area contributed by atoms with E-state index in [1.165, 1.54) is 27.7 Å². The number of aryl methyl sites for hydroxylation is 1. The van der Waals surface area contributed by atoms with Crippen molar-refractivity contribution in [1.82, 2.24) is 4.57 Å². The van der Waals surface area contributed by atoms with Gasteiger partial charge in [0.1, 0.15) is 5.60 Å². The SMILES string of the molecule is Cn1c2c(c3ccccc31)C1c3ccccc3C1(O)CC2. The molecule has 0 bridgehead atoms. The summed E-state index contributed by atoms with van der Waals surface area (Å²) in [5, 5.41) is 12.5. The first-order valence-electron chi connectivity index (χ1n) is 7.60. The predicted octanol–water partition coefficient (Wildman–Crippen LogP) is 3.46. The summed E-state index contributed by atoms with van der Waals surface area (Å²) in [4.78, 5) is 0. The van der Waals surface area contributed by atoms with Gasteiger partial charge in [0.15, 0.2) is 0 Å². The fourth-order valence-electron chi connectivity index (χ4n) is 4.56. The molecule has 0 saturated heterocycles. The number of nitrogens with zero attached hydrogens (tertiary/aromatic N) is 1. The van der Waals surface area contributed by atoms with Gasteiger partial charge in [-0.3, -0.25) is 0 Å². The van der Waals surface area contributed by atoms with E-state index in [4.69, 9.17) is 0 Å². The average Bonchev–Trinajstić information content (AvgIpc) is 2.79. The van der Waals surface area contributed by atoms with Crippen LogP contribution in [0, 0.1) is 0 Å².